The Morgan fingerprint density at radius 3 is 2.62 bits per heavy atom. The number of nitrogens with zero attached hydrogens (tertiary/aromatic N) is 3. The first-order valence-corrected chi connectivity index (χ1v) is 11.3. The molecule has 1 aliphatic rings. The number of amides is 3. The lowest BCUT2D eigenvalue weighted by Crippen LogP contribution is -2.41. The molecule has 3 amide bonds. The number of aryl methyl sites for hydroxylation is 1. The van der Waals surface area contributed by atoms with Gasteiger partial charge in [-0.25, -0.2) is 9.18 Å². The molecule has 1 fully saturated rings. The fourth-order valence-corrected chi connectivity index (χ4v) is 4.50. The molecule has 0 radical (unpaired) electrons. The Morgan fingerprint density at radius 1 is 1.12 bits per heavy atom. The molecule has 0 aliphatic carbocycles. The highest BCUT2D eigenvalue weighted by molar-refractivity contribution is 7.13. The van der Waals surface area contributed by atoms with Crippen LogP contribution in [0.15, 0.2) is 42.5 Å². The second-order valence-corrected chi connectivity index (χ2v) is 9.03. The molecule has 1 saturated heterocycles. The minimum atomic E-state index is -0.541. The molecule has 3 aromatic rings. The van der Waals surface area contributed by atoms with Crippen molar-refractivity contribution in [1.82, 2.24) is 15.1 Å². The van der Waals surface area contributed by atoms with Crippen molar-refractivity contribution in [2.45, 2.75) is 25.7 Å². The van der Waals surface area contributed by atoms with Crippen LogP contribution in [0.4, 0.5) is 20.6 Å². The van der Waals surface area contributed by atoms with Gasteiger partial charge in [-0.1, -0.05) is 40.6 Å². The van der Waals surface area contributed by atoms with Crippen LogP contribution in [0.2, 0.25) is 5.02 Å². The van der Waals surface area contributed by atoms with E-state index in [1.165, 1.54) is 29.5 Å². The van der Waals surface area contributed by atoms with Crippen molar-refractivity contribution in [3.05, 3.63) is 68.9 Å². The third kappa shape index (κ3) is 5.23. The summed E-state index contributed by atoms with van der Waals surface area (Å²) in [5.41, 5.74) is 2.22. The molecule has 0 bridgehead atoms. The van der Waals surface area contributed by atoms with E-state index in [0.717, 1.165) is 23.4 Å². The van der Waals surface area contributed by atoms with E-state index in [2.05, 4.69) is 20.8 Å². The van der Waals surface area contributed by atoms with Crippen molar-refractivity contribution < 1.29 is 14.0 Å². The quantitative estimate of drug-likeness (QED) is 0.538. The molecule has 0 spiro atoms. The highest BCUT2D eigenvalue weighted by atomic mass is 35.5. The van der Waals surface area contributed by atoms with Crippen molar-refractivity contribution >= 4 is 46.3 Å². The van der Waals surface area contributed by atoms with Crippen molar-refractivity contribution in [3.8, 4) is 0 Å². The Hall–Kier alpha value is -3.04. The number of hydrogen-bond donors (Lipinski definition) is 2. The largest absolute Gasteiger partial charge is 0.324 e. The van der Waals surface area contributed by atoms with Crippen molar-refractivity contribution in [2.75, 3.05) is 23.7 Å². The Kier molecular flexibility index (Phi) is 6.66. The maximum Gasteiger partial charge on any atom is 0.321 e. The number of likely N-dealkylation sites (tertiary alicyclic amines) is 1. The summed E-state index contributed by atoms with van der Waals surface area (Å²) in [4.78, 5) is 26.8. The van der Waals surface area contributed by atoms with Crippen molar-refractivity contribution in [2.24, 2.45) is 0 Å². The molecule has 1 aromatic heterocycles. The Balaban J connectivity index is 1.38. The van der Waals surface area contributed by atoms with E-state index >= 15 is 0 Å². The van der Waals surface area contributed by atoms with Crippen molar-refractivity contribution in [3.63, 3.8) is 0 Å². The van der Waals surface area contributed by atoms with Crippen LogP contribution in [0.25, 0.3) is 0 Å². The van der Waals surface area contributed by atoms with Gasteiger partial charge in [-0.3, -0.25) is 4.79 Å². The summed E-state index contributed by atoms with van der Waals surface area (Å²) < 4.78 is 13.3. The molecule has 166 valence electrons. The van der Waals surface area contributed by atoms with E-state index < -0.39 is 5.82 Å². The number of anilines is 2. The first kappa shape index (κ1) is 22.2. The lowest BCUT2D eigenvalue weighted by Gasteiger charge is -2.31. The molecule has 1 atom stereocenters. The van der Waals surface area contributed by atoms with Gasteiger partial charge in [0.15, 0.2) is 0 Å². The van der Waals surface area contributed by atoms with Gasteiger partial charge < -0.3 is 15.5 Å². The second-order valence-electron chi connectivity index (χ2n) is 7.61. The molecule has 2 heterocycles. The molecule has 1 unspecified atom stereocenters. The number of piperidine rings is 1. The zero-order valence-corrected chi connectivity index (χ0v) is 18.8. The van der Waals surface area contributed by atoms with Crippen LogP contribution in [-0.4, -0.2) is 40.1 Å². The van der Waals surface area contributed by atoms with Crippen molar-refractivity contribution in [1.29, 1.82) is 0 Å². The maximum atomic E-state index is 13.3. The number of halogens is 2. The standard InChI is InChI=1S/C22H21ClFN5O2S/c1-13-4-6-15(7-5-13)25-19(30)21-28-27-20(32-21)14-3-2-10-29(12-14)22(31)26-16-8-9-18(24)17(23)11-16/h4-9,11,14H,2-3,10,12H2,1H3,(H,25,30)(H,26,31). The van der Waals surface area contributed by atoms with Gasteiger partial charge in [0.25, 0.3) is 5.91 Å². The smallest absolute Gasteiger partial charge is 0.321 e. The molecule has 2 N–H and O–H groups in total. The number of nitrogens with one attached hydrogen (secondary N) is 2. The molecule has 7 nitrogen and oxygen atoms in total. The summed E-state index contributed by atoms with van der Waals surface area (Å²) in [5, 5.41) is 14.8. The number of rotatable bonds is 4. The average Bonchev–Trinajstić information content (AvgIpc) is 3.28. The first-order chi connectivity index (χ1) is 15.4. The van der Waals surface area contributed by atoms with E-state index in [0.29, 0.717) is 24.5 Å². The number of aromatic nitrogens is 2. The fourth-order valence-electron chi connectivity index (χ4n) is 3.45. The Bertz CT molecular complexity index is 1140. The molecule has 0 saturated carbocycles. The minimum Gasteiger partial charge on any atom is -0.324 e. The summed E-state index contributed by atoms with van der Waals surface area (Å²) in [6.07, 6.45) is 1.65. The van der Waals surface area contributed by atoms with Crippen LogP contribution < -0.4 is 10.6 Å². The highest BCUT2D eigenvalue weighted by Crippen LogP contribution is 2.30. The van der Waals surface area contributed by atoms with Crippen LogP contribution in [0.5, 0.6) is 0 Å². The summed E-state index contributed by atoms with van der Waals surface area (Å²) in [7, 11) is 0. The number of benzene rings is 2. The number of urea groups is 1. The van der Waals surface area contributed by atoms with E-state index in [9.17, 15) is 14.0 Å². The molecule has 4 rings (SSSR count). The summed E-state index contributed by atoms with van der Waals surface area (Å²) in [6, 6.07) is 11.3. The van der Waals surface area contributed by atoms with E-state index in [-0.39, 0.29) is 27.9 Å². The predicted molar refractivity (Wildman–Crippen MR) is 123 cm³/mol. The molecule has 2 aromatic carbocycles. The lowest BCUT2D eigenvalue weighted by molar-refractivity contribution is 0.102. The topological polar surface area (TPSA) is 87.2 Å². The second kappa shape index (κ2) is 9.62. The molecular formula is C22H21ClFN5O2S. The van der Waals surface area contributed by atoms with E-state index in [1.807, 2.05) is 31.2 Å². The average molecular weight is 474 g/mol. The summed E-state index contributed by atoms with van der Waals surface area (Å²) in [6.45, 7) is 3.02. The SMILES string of the molecule is Cc1ccc(NC(=O)c2nnc(C3CCCN(C(=O)Nc4ccc(F)c(Cl)c4)C3)s2)cc1. The lowest BCUT2D eigenvalue weighted by atomic mass is 9.99. The zero-order chi connectivity index (χ0) is 22.7. The molecular weight excluding hydrogens is 453 g/mol. The number of hydrogen-bond acceptors (Lipinski definition) is 5. The normalized spacial score (nSPS) is 16.0. The molecule has 1 aliphatic heterocycles. The minimum absolute atomic E-state index is 0.00951. The maximum absolute atomic E-state index is 13.3. The highest BCUT2D eigenvalue weighted by Gasteiger charge is 2.28. The molecule has 32 heavy (non-hydrogen) atoms. The van der Waals surface area contributed by atoms with Gasteiger partial charge in [0.1, 0.15) is 10.8 Å². The van der Waals surface area contributed by atoms with Crippen LogP contribution >= 0.6 is 22.9 Å². The monoisotopic (exact) mass is 473 g/mol. The van der Waals surface area contributed by atoms with Crippen LogP contribution in [0.3, 0.4) is 0 Å². The van der Waals surface area contributed by atoms with Gasteiger partial charge in [0.2, 0.25) is 5.01 Å². The zero-order valence-electron chi connectivity index (χ0n) is 17.3. The van der Waals surface area contributed by atoms with Crippen LogP contribution in [-0.2, 0) is 0 Å². The Labute approximate surface area is 193 Å². The van der Waals surface area contributed by atoms with E-state index in [4.69, 9.17) is 11.6 Å². The van der Waals surface area contributed by atoms with E-state index in [1.54, 1.807) is 4.90 Å². The first-order valence-electron chi connectivity index (χ1n) is 10.1. The predicted octanol–water partition coefficient (Wildman–Crippen LogP) is 5.30. The summed E-state index contributed by atoms with van der Waals surface area (Å²) >= 11 is 7.03. The van der Waals surface area contributed by atoms with Gasteiger partial charge >= 0.3 is 6.03 Å². The number of carbonyl (C=O) groups is 2. The van der Waals surface area contributed by atoms with Gasteiger partial charge in [0, 0.05) is 30.4 Å². The van der Waals surface area contributed by atoms with Gasteiger partial charge in [-0.2, -0.15) is 0 Å². The van der Waals surface area contributed by atoms with Gasteiger partial charge in [0.05, 0.1) is 5.02 Å². The third-order valence-corrected chi connectivity index (χ3v) is 6.55. The third-order valence-electron chi connectivity index (χ3n) is 5.17. The van der Waals surface area contributed by atoms with Gasteiger partial charge in [-0.15, -0.1) is 10.2 Å². The summed E-state index contributed by atoms with van der Waals surface area (Å²) in [5.74, 6) is -0.859. The number of carbonyl (C=O) groups excluding carboxylic acids is 2. The van der Waals surface area contributed by atoms with Gasteiger partial charge in [-0.05, 0) is 50.1 Å². The van der Waals surface area contributed by atoms with Crippen LogP contribution in [0, 0.1) is 12.7 Å². The molecule has 10 heteroatoms. The fraction of sp³-hybridized carbons (Fsp3) is 0.273. The van der Waals surface area contributed by atoms with Crippen LogP contribution in [0.1, 0.15) is 39.1 Å². The Morgan fingerprint density at radius 2 is 1.88 bits per heavy atom.